The van der Waals surface area contributed by atoms with E-state index in [1.54, 1.807) is 0 Å². The summed E-state index contributed by atoms with van der Waals surface area (Å²) >= 11 is 0. The molecule has 1 heterocycles. The lowest BCUT2D eigenvalue weighted by Crippen LogP contribution is -2.40. The zero-order valence-electron chi connectivity index (χ0n) is 6.94. The summed E-state index contributed by atoms with van der Waals surface area (Å²) < 4.78 is 5.43. The van der Waals surface area contributed by atoms with Gasteiger partial charge in [-0.05, 0) is 33.1 Å². The van der Waals surface area contributed by atoms with Crippen molar-refractivity contribution in [3.05, 3.63) is 12.2 Å². The van der Waals surface area contributed by atoms with E-state index in [-0.39, 0.29) is 5.60 Å². The summed E-state index contributed by atoms with van der Waals surface area (Å²) in [6.07, 6.45) is 3.47. The molecule has 0 aromatic heterocycles. The highest BCUT2D eigenvalue weighted by Gasteiger charge is 2.31. The van der Waals surface area contributed by atoms with Gasteiger partial charge in [-0.15, -0.1) is 6.58 Å². The van der Waals surface area contributed by atoms with Gasteiger partial charge in [-0.1, -0.05) is 5.57 Å². The number of hydrogen-bond acceptors (Lipinski definition) is 1. The average Bonchev–Trinajstić information content (AvgIpc) is 1.79. The van der Waals surface area contributed by atoms with Gasteiger partial charge >= 0.3 is 0 Å². The van der Waals surface area contributed by atoms with E-state index in [2.05, 4.69) is 20.4 Å². The van der Waals surface area contributed by atoms with Gasteiger partial charge in [0.15, 0.2) is 0 Å². The smallest absolute Gasteiger partial charge is 0.0679 e. The van der Waals surface area contributed by atoms with E-state index >= 15 is 0 Å². The van der Waals surface area contributed by atoms with Crippen molar-refractivity contribution in [2.75, 3.05) is 6.61 Å². The maximum absolute atomic E-state index is 5.43. The minimum atomic E-state index is 0.193. The second-order valence-electron chi connectivity index (χ2n) is 3.51. The number of hydrogen-bond donors (Lipinski definition) is 0. The molecule has 1 saturated heterocycles. The predicted octanol–water partition coefficient (Wildman–Crippen LogP) is 2.52. The highest BCUT2D eigenvalue weighted by molar-refractivity contribution is 4.93. The first-order chi connectivity index (χ1) is 4.62. The van der Waals surface area contributed by atoms with Gasteiger partial charge in [-0.2, -0.15) is 0 Å². The van der Waals surface area contributed by atoms with Crippen molar-refractivity contribution in [1.82, 2.24) is 0 Å². The van der Waals surface area contributed by atoms with Crippen LogP contribution in [0.15, 0.2) is 12.2 Å². The van der Waals surface area contributed by atoms with E-state index in [0.717, 1.165) is 19.4 Å². The van der Waals surface area contributed by atoms with Crippen molar-refractivity contribution in [2.24, 2.45) is 0 Å². The van der Waals surface area contributed by atoms with Crippen LogP contribution in [0.2, 0.25) is 0 Å². The number of rotatable bonds is 3. The minimum absolute atomic E-state index is 0.193. The topological polar surface area (TPSA) is 9.23 Å². The zero-order valence-corrected chi connectivity index (χ0v) is 6.94. The molecule has 1 atom stereocenters. The lowest BCUT2D eigenvalue weighted by Gasteiger charge is -2.38. The lowest BCUT2D eigenvalue weighted by molar-refractivity contribution is -0.137. The normalized spacial score (nSPS) is 31.4. The zero-order chi connectivity index (χ0) is 7.61. The molecule has 1 rings (SSSR count). The van der Waals surface area contributed by atoms with Crippen molar-refractivity contribution in [3.8, 4) is 0 Å². The third-order valence-electron chi connectivity index (χ3n) is 2.16. The standard InChI is InChI=1S/C9H16O/c1-8(2)4-5-9(3)6-7-10-9/h1,4-7H2,2-3H3. The highest BCUT2D eigenvalue weighted by Crippen LogP contribution is 2.31. The van der Waals surface area contributed by atoms with E-state index in [0.29, 0.717) is 0 Å². The van der Waals surface area contributed by atoms with Crippen molar-refractivity contribution < 1.29 is 4.74 Å². The lowest BCUT2D eigenvalue weighted by atomic mass is 9.90. The molecule has 0 bridgehead atoms. The Bertz CT molecular complexity index is 134. The van der Waals surface area contributed by atoms with E-state index in [1.165, 1.54) is 12.0 Å². The molecule has 0 aromatic carbocycles. The van der Waals surface area contributed by atoms with Crippen molar-refractivity contribution in [2.45, 2.75) is 38.7 Å². The van der Waals surface area contributed by atoms with E-state index in [9.17, 15) is 0 Å². The Morgan fingerprint density at radius 2 is 2.30 bits per heavy atom. The summed E-state index contributed by atoms with van der Waals surface area (Å²) in [5.41, 5.74) is 1.45. The molecular weight excluding hydrogens is 124 g/mol. The molecule has 0 spiro atoms. The number of allylic oxidation sites excluding steroid dienone is 1. The molecule has 58 valence electrons. The SMILES string of the molecule is C=C(C)CCC1(C)CCO1. The molecule has 0 amide bonds. The largest absolute Gasteiger partial charge is 0.375 e. The monoisotopic (exact) mass is 140 g/mol. The predicted molar refractivity (Wildman–Crippen MR) is 43.0 cm³/mol. The fourth-order valence-electron chi connectivity index (χ4n) is 1.13. The van der Waals surface area contributed by atoms with Crippen LogP contribution < -0.4 is 0 Å². The molecule has 0 aromatic rings. The second-order valence-corrected chi connectivity index (χ2v) is 3.51. The average molecular weight is 140 g/mol. The quantitative estimate of drug-likeness (QED) is 0.547. The van der Waals surface area contributed by atoms with Crippen LogP contribution in [0.3, 0.4) is 0 Å². The van der Waals surface area contributed by atoms with Crippen molar-refractivity contribution >= 4 is 0 Å². The Morgan fingerprint density at radius 3 is 2.60 bits per heavy atom. The Balaban J connectivity index is 2.18. The fourth-order valence-corrected chi connectivity index (χ4v) is 1.13. The Morgan fingerprint density at radius 1 is 1.70 bits per heavy atom. The highest BCUT2D eigenvalue weighted by atomic mass is 16.5. The van der Waals surface area contributed by atoms with Crippen molar-refractivity contribution in [1.29, 1.82) is 0 Å². The Kier molecular flexibility index (Phi) is 2.14. The van der Waals surface area contributed by atoms with Gasteiger partial charge in [0.25, 0.3) is 0 Å². The van der Waals surface area contributed by atoms with Crippen molar-refractivity contribution in [3.63, 3.8) is 0 Å². The third kappa shape index (κ3) is 1.84. The van der Waals surface area contributed by atoms with E-state index in [4.69, 9.17) is 4.74 Å². The molecule has 10 heavy (non-hydrogen) atoms. The van der Waals surface area contributed by atoms with Gasteiger partial charge < -0.3 is 4.74 Å². The number of ether oxygens (including phenoxy) is 1. The first-order valence-electron chi connectivity index (χ1n) is 3.91. The molecular formula is C9H16O. The summed E-state index contributed by atoms with van der Waals surface area (Å²) in [7, 11) is 0. The molecule has 0 N–H and O–H groups in total. The van der Waals surface area contributed by atoms with Gasteiger partial charge in [0.1, 0.15) is 0 Å². The summed E-state index contributed by atoms with van der Waals surface area (Å²) in [5.74, 6) is 0. The van der Waals surface area contributed by atoms with Gasteiger partial charge in [0, 0.05) is 0 Å². The van der Waals surface area contributed by atoms with Crippen LogP contribution in [0.1, 0.15) is 33.1 Å². The van der Waals surface area contributed by atoms with Crippen LogP contribution in [0.25, 0.3) is 0 Å². The summed E-state index contributed by atoms with van der Waals surface area (Å²) in [6, 6.07) is 0. The van der Waals surface area contributed by atoms with Crippen LogP contribution >= 0.6 is 0 Å². The van der Waals surface area contributed by atoms with E-state index in [1.807, 2.05) is 0 Å². The maximum Gasteiger partial charge on any atom is 0.0679 e. The molecule has 0 radical (unpaired) electrons. The molecule has 0 aliphatic carbocycles. The summed E-state index contributed by atoms with van der Waals surface area (Å²) in [5, 5.41) is 0. The Labute approximate surface area is 63.1 Å². The van der Waals surface area contributed by atoms with Crippen LogP contribution in [0.4, 0.5) is 0 Å². The maximum atomic E-state index is 5.43. The third-order valence-corrected chi connectivity index (χ3v) is 2.16. The molecule has 1 unspecified atom stereocenters. The molecule has 0 saturated carbocycles. The van der Waals surface area contributed by atoms with Crippen LogP contribution in [-0.4, -0.2) is 12.2 Å². The first kappa shape index (κ1) is 7.80. The molecule has 1 aliphatic rings. The van der Waals surface area contributed by atoms with Gasteiger partial charge in [-0.25, -0.2) is 0 Å². The summed E-state index contributed by atoms with van der Waals surface area (Å²) in [6.45, 7) is 9.06. The molecule has 1 fully saturated rings. The van der Waals surface area contributed by atoms with Crippen LogP contribution in [-0.2, 0) is 4.74 Å². The first-order valence-corrected chi connectivity index (χ1v) is 3.91. The molecule has 1 nitrogen and oxygen atoms in total. The fraction of sp³-hybridized carbons (Fsp3) is 0.778. The summed E-state index contributed by atoms with van der Waals surface area (Å²) in [4.78, 5) is 0. The molecule has 1 aliphatic heterocycles. The van der Waals surface area contributed by atoms with Gasteiger partial charge in [0.2, 0.25) is 0 Å². The van der Waals surface area contributed by atoms with Gasteiger partial charge in [-0.3, -0.25) is 0 Å². The molecule has 1 heteroatoms. The van der Waals surface area contributed by atoms with Crippen LogP contribution in [0, 0.1) is 0 Å². The Hall–Kier alpha value is -0.300. The van der Waals surface area contributed by atoms with E-state index < -0.39 is 0 Å². The van der Waals surface area contributed by atoms with Crippen LogP contribution in [0.5, 0.6) is 0 Å². The van der Waals surface area contributed by atoms with Gasteiger partial charge in [0.05, 0.1) is 12.2 Å². The minimum Gasteiger partial charge on any atom is -0.375 e. The second kappa shape index (κ2) is 2.75.